The van der Waals surface area contributed by atoms with Crippen LogP contribution in [-0.2, 0) is 10.9 Å². The first-order chi connectivity index (χ1) is 9.45. The molecule has 20 heavy (non-hydrogen) atoms. The first-order valence-corrected chi connectivity index (χ1v) is 6.07. The third kappa shape index (κ3) is 3.03. The van der Waals surface area contributed by atoms with Crippen LogP contribution >= 0.6 is 0 Å². The number of rotatable bonds is 3. The van der Waals surface area contributed by atoms with Crippen molar-refractivity contribution in [3.63, 3.8) is 0 Å². The second kappa shape index (κ2) is 5.69. The molecule has 2 atom stereocenters. The minimum Gasteiger partial charge on any atom is -0.378 e. The fourth-order valence-corrected chi connectivity index (χ4v) is 2.19. The van der Waals surface area contributed by atoms with Crippen LogP contribution in [0.3, 0.4) is 0 Å². The number of nitrogens with one attached hydrogen (secondary N) is 2. The van der Waals surface area contributed by atoms with Crippen molar-refractivity contribution < 1.29 is 17.9 Å². The Morgan fingerprint density at radius 1 is 1.40 bits per heavy atom. The van der Waals surface area contributed by atoms with E-state index in [0.29, 0.717) is 18.8 Å². The summed E-state index contributed by atoms with van der Waals surface area (Å²) in [5.41, 5.74) is -0.467. The molecule has 2 rings (SSSR count). The highest BCUT2D eigenvalue weighted by Crippen LogP contribution is 2.32. The molecule has 1 heterocycles. The monoisotopic (exact) mass is 285 g/mol. The number of ether oxygens (including phenoxy) is 1. The molecule has 7 heteroatoms. The standard InChI is InChI=1S/C13H14F3N3O/c1-20-12-7-18-6-11(12)19-10-3-2-9(13(14,15)16)4-8(10)5-17/h2-4,11-12,18-19H,6-7H2,1H3/t11?,12-/m0/s1. The molecule has 4 nitrogen and oxygen atoms in total. The fraction of sp³-hybridized carbons (Fsp3) is 0.462. The van der Waals surface area contributed by atoms with Gasteiger partial charge in [-0.05, 0) is 18.2 Å². The van der Waals surface area contributed by atoms with Crippen molar-refractivity contribution in [2.75, 3.05) is 25.5 Å². The Kier molecular flexibility index (Phi) is 4.16. The average molecular weight is 285 g/mol. The Morgan fingerprint density at radius 3 is 2.75 bits per heavy atom. The average Bonchev–Trinajstić information content (AvgIpc) is 2.85. The quantitative estimate of drug-likeness (QED) is 0.891. The van der Waals surface area contributed by atoms with Gasteiger partial charge in [-0.25, -0.2) is 0 Å². The lowest BCUT2D eigenvalue weighted by Gasteiger charge is -2.21. The van der Waals surface area contributed by atoms with Crippen LogP contribution in [0.4, 0.5) is 18.9 Å². The Labute approximate surface area is 114 Å². The number of nitriles is 1. The molecule has 1 unspecified atom stereocenters. The van der Waals surface area contributed by atoms with Gasteiger partial charge in [0.1, 0.15) is 6.07 Å². The predicted octanol–water partition coefficient (Wildman–Crippen LogP) is 1.98. The number of alkyl halides is 3. The van der Waals surface area contributed by atoms with Crippen LogP contribution in [0, 0.1) is 11.3 Å². The second-order valence-electron chi connectivity index (χ2n) is 4.55. The zero-order valence-electron chi connectivity index (χ0n) is 10.8. The van der Waals surface area contributed by atoms with Gasteiger partial charge in [0.05, 0.1) is 29.0 Å². The molecule has 0 amide bonds. The highest BCUT2D eigenvalue weighted by atomic mass is 19.4. The van der Waals surface area contributed by atoms with Crippen LogP contribution in [0.15, 0.2) is 18.2 Å². The van der Waals surface area contributed by atoms with E-state index in [4.69, 9.17) is 10.00 Å². The Balaban J connectivity index is 2.22. The molecule has 0 radical (unpaired) electrons. The lowest BCUT2D eigenvalue weighted by atomic mass is 10.1. The third-order valence-corrected chi connectivity index (χ3v) is 3.27. The maximum Gasteiger partial charge on any atom is 0.416 e. The van der Waals surface area contributed by atoms with Crippen molar-refractivity contribution in [3.8, 4) is 6.07 Å². The fourth-order valence-electron chi connectivity index (χ4n) is 2.19. The lowest BCUT2D eigenvalue weighted by Crippen LogP contribution is -2.33. The SMILES string of the molecule is CO[C@H]1CNCC1Nc1ccc(C(F)(F)F)cc1C#N. The van der Waals surface area contributed by atoms with E-state index in [0.717, 1.165) is 12.1 Å². The highest BCUT2D eigenvalue weighted by Gasteiger charge is 2.32. The molecule has 1 aliphatic heterocycles. The van der Waals surface area contributed by atoms with Crippen LogP contribution < -0.4 is 10.6 Å². The summed E-state index contributed by atoms with van der Waals surface area (Å²) < 4.78 is 43.1. The normalized spacial score (nSPS) is 22.6. The molecule has 0 spiro atoms. The molecule has 1 aromatic rings. The summed E-state index contributed by atoms with van der Waals surface area (Å²) in [4.78, 5) is 0. The van der Waals surface area contributed by atoms with Crippen molar-refractivity contribution in [2.24, 2.45) is 0 Å². The summed E-state index contributed by atoms with van der Waals surface area (Å²) in [6.07, 6.45) is -4.53. The van der Waals surface area contributed by atoms with E-state index in [9.17, 15) is 13.2 Å². The lowest BCUT2D eigenvalue weighted by molar-refractivity contribution is -0.137. The molecular weight excluding hydrogens is 271 g/mol. The number of hydrogen-bond acceptors (Lipinski definition) is 4. The van der Waals surface area contributed by atoms with E-state index >= 15 is 0 Å². The summed E-state index contributed by atoms with van der Waals surface area (Å²) in [5, 5.41) is 15.2. The van der Waals surface area contributed by atoms with Crippen LogP contribution in [-0.4, -0.2) is 32.3 Å². The van der Waals surface area contributed by atoms with Crippen molar-refractivity contribution in [2.45, 2.75) is 18.3 Å². The van der Waals surface area contributed by atoms with Crippen LogP contribution in [0.2, 0.25) is 0 Å². The summed E-state index contributed by atoms with van der Waals surface area (Å²) in [5.74, 6) is 0. The third-order valence-electron chi connectivity index (χ3n) is 3.27. The van der Waals surface area contributed by atoms with Gasteiger partial charge in [0.15, 0.2) is 0 Å². The maximum absolute atomic E-state index is 12.6. The number of methoxy groups -OCH3 is 1. The number of hydrogen-bond donors (Lipinski definition) is 2. The molecule has 0 aliphatic carbocycles. The number of benzene rings is 1. The predicted molar refractivity (Wildman–Crippen MR) is 67.2 cm³/mol. The molecule has 108 valence electrons. The summed E-state index contributed by atoms with van der Waals surface area (Å²) in [7, 11) is 1.57. The van der Waals surface area contributed by atoms with Gasteiger partial charge >= 0.3 is 6.18 Å². The van der Waals surface area contributed by atoms with Crippen LogP contribution in [0.5, 0.6) is 0 Å². The molecule has 0 saturated carbocycles. The first-order valence-electron chi connectivity index (χ1n) is 6.07. The zero-order chi connectivity index (χ0) is 14.8. The summed E-state index contributed by atoms with van der Waals surface area (Å²) in [6, 6.07) is 4.81. The second-order valence-corrected chi connectivity index (χ2v) is 4.55. The van der Waals surface area contributed by atoms with Gasteiger partial charge in [-0.1, -0.05) is 0 Å². The Bertz CT molecular complexity index is 525. The van der Waals surface area contributed by atoms with Gasteiger partial charge in [-0.3, -0.25) is 0 Å². The van der Waals surface area contributed by atoms with E-state index in [1.807, 2.05) is 0 Å². The van der Waals surface area contributed by atoms with Crippen molar-refractivity contribution in [1.29, 1.82) is 5.26 Å². The summed E-state index contributed by atoms with van der Waals surface area (Å²) >= 11 is 0. The van der Waals surface area contributed by atoms with Gasteiger partial charge < -0.3 is 15.4 Å². The molecule has 2 N–H and O–H groups in total. The highest BCUT2D eigenvalue weighted by molar-refractivity contribution is 5.59. The maximum atomic E-state index is 12.6. The molecule has 1 fully saturated rings. The molecule has 0 aromatic heterocycles. The van der Waals surface area contributed by atoms with Crippen LogP contribution in [0.25, 0.3) is 0 Å². The van der Waals surface area contributed by atoms with E-state index in [-0.39, 0.29) is 17.7 Å². The number of halogens is 3. The molecule has 0 bridgehead atoms. The van der Waals surface area contributed by atoms with Gasteiger partial charge in [0, 0.05) is 20.2 Å². The van der Waals surface area contributed by atoms with Crippen LogP contribution in [0.1, 0.15) is 11.1 Å². The minimum absolute atomic E-state index is 0.0263. The van der Waals surface area contributed by atoms with Gasteiger partial charge in [-0.15, -0.1) is 0 Å². The molecular formula is C13H14F3N3O. The van der Waals surface area contributed by atoms with E-state index < -0.39 is 11.7 Å². The van der Waals surface area contributed by atoms with Crippen molar-refractivity contribution in [1.82, 2.24) is 5.32 Å². The van der Waals surface area contributed by atoms with Crippen molar-refractivity contribution in [3.05, 3.63) is 29.3 Å². The van der Waals surface area contributed by atoms with E-state index in [1.54, 1.807) is 13.2 Å². The first kappa shape index (κ1) is 14.6. The Morgan fingerprint density at radius 2 is 2.15 bits per heavy atom. The zero-order valence-corrected chi connectivity index (χ0v) is 10.8. The van der Waals surface area contributed by atoms with E-state index in [1.165, 1.54) is 6.07 Å². The number of anilines is 1. The topological polar surface area (TPSA) is 57.1 Å². The number of nitrogens with zero attached hydrogens (tertiary/aromatic N) is 1. The molecule has 1 aliphatic rings. The summed E-state index contributed by atoms with van der Waals surface area (Å²) in [6.45, 7) is 1.29. The smallest absolute Gasteiger partial charge is 0.378 e. The van der Waals surface area contributed by atoms with Gasteiger partial charge in [0.25, 0.3) is 0 Å². The van der Waals surface area contributed by atoms with Gasteiger partial charge in [-0.2, -0.15) is 18.4 Å². The molecule has 1 aromatic carbocycles. The molecule has 1 saturated heterocycles. The van der Waals surface area contributed by atoms with E-state index in [2.05, 4.69) is 10.6 Å². The van der Waals surface area contributed by atoms with Gasteiger partial charge in [0.2, 0.25) is 0 Å². The minimum atomic E-state index is -4.45. The largest absolute Gasteiger partial charge is 0.416 e. The van der Waals surface area contributed by atoms with Crippen molar-refractivity contribution >= 4 is 5.69 Å². The Hall–Kier alpha value is -1.78.